The lowest BCUT2D eigenvalue weighted by molar-refractivity contribution is -0.0154. The molecule has 4 saturated carbocycles. The molecule has 34 heavy (non-hydrogen) atoms. The largest absolute Gasteiger partial charge is 0.478 e. The normalized spacial score (nSPS) is 34.0. The minimum atomic E-state index is 0.337. The van der Waals surface area contributed by atoms with Crippen molar-refractivity contribution in [3.8, 4) is 0 Å². The van der Waals surface area contributed by atoms with Gasteiger partial charge >= 0.3 is 0 Å². The van der Waals surface area contributed by atoms with Gasteiger partial charge in [-0.15, -0.1) is 0 Å². The highest BCUT2D eigenvalue weighted by molar-refractivity contribution is 5.81. The molecule has 1 aromatic rings. The number of nitrogens with zero attached hydrogens (tertiary/aromatic N) is 3. The van der Waals surface area contributed by atoms with Gasteiger partial charge in [-0.25, -0.2) is 4.99 Å². The Kier molecular flexibility index (Phi) is 5.90. The average molecular weight is 462 g/mol. The van der Waals surface area contributed by atoms with Gasteiger partial charge in [-0.1, -0.05) is 45.9 Å². The van der Waals surface area contributed by atoms with E-state index in [0.717, 1.165) is 55.8 Å². The third-order valence-corrected chi connectivity index (χ3v) is 9.42. The fourth-order valence-electron chi connectivity index (χ4n) is 8.01. The van der Waals surface area contributed by atoms with Crippen molar-refractivity contribution in [1.82, 2.24) is 4.90 Å². The predicted octanol–water partition coefficient (Wildman–Crippen LogP) is 6.74. The number of ether oxygens (including phenoxy) is 1. The molecule has 6 aliphatic rings. The zero-order valence-electron chi connectivity index (χ0n) is 21.6. The fourth-order valence-corrected chi connectivity index (χ4v) is 8.01. The van der Waals surface area contributed by atoms with E-state index in [1.165, 1.54) is 48.9 Å². The van der Waals surface area contributed by atoms with Gasteiger partial charge in [-0.05, 0) is 85.2 Å². The number of para-hydroxylation sites is 1. The van der Waals surface area contributed by atoms with Crippen LogP contribution in [-0.4, -0.2) is 36.7 Å². The molecule has 4 fully saturated rings. The van der Waals surface area contributed by atoms with Crippen molar-refractivity contribution in [1.29, 1.82) is 0 Å². The summed E-state index contributed by atoms with van der Waals surface area (Å²) in [6.45, 7) is 12.0. The van der Waals surface area contributed by atoms with E-state index in [0.29, 0.717) is 23.8 Å². The lowest BCUT2D eigenvalue weighted by atomic mass is 9.52. The lowest BCUT2D eigenvalue weighted by Gasteiger charge is -2.53. The molecule has 184 valence electrons. The minimum Gasteiger partial charge on any atom is -0.478 e. The first-order valence-electron chi connectivity index (χ1n) is 14.0. The lowest BCUT2D eigenvalue weighted by Crippen LogP contribution is -2.48. The smallest absolute Gasteiger partial charge is 0.187 e. The van der Waals surface area contributed by atoms with Crippen LogP contribution < -0.4 is 4.90 Å². The van der Waals surface area contributed by atoms with Gasteiger partial charge in [0.2, 0.25) is 0 Å². The molecule has 0 spiro atoms. The van der Waals surface area contributed by atoms with Crippen LogP contribution in [0.5, 0.6) is 0 Å². The third kappa shape index (κ3) is 4.05. The Morgan fingerprint density at radius 2 is 1.56 bits per heavy atom. The standard InChI is InChI=1S/C30H43N3O/c1-19(2)26-6-5-7-27(20(3)4)29(26)33-11-10-32(18-33)9-8-25-17-34-30(31-25)28-23-13-21-12-22(15-23)16-24(28)14-21/h5-7,10-11,19-25,28H,8-9,12-18H2,1-4H3/t21?,22?,23?,24?,25-,28?/m1/s1. The fraction of sp³-hybridized carbons (Fsp3) is 0.700. The molecule has 2 heterocycles. The number of hydrogen-bond donors (Lipinski definition) is 0. The number of benzene rings is 1. The quantitative estimate of drug-likeness (QED) is 0.450. The van der Waals surface area contributed by atoms with Crippen LogP contribution in [0.2, 0.25) is 0 Å². The van der Waals surface area contributed by atoms with Crippen molar-refractivity contribution in [2.75, 3.05) is 24.7 Å². The maximum Gasteiger partial charge on any atom is 0.187 e. The summed E-state index contributed by atoms with van der Waals surface area (Å²) in [4.78, 5) is 10.1. The molecule has 0 amide bonds. The Bertz CT molecular complexity index is 910. The molecular formula is C30H43N3O. The Balaban J connectivity index is 1.08. The summed E-state index contributed by atoms with van der Waals surface area (Å²) in [7, 11) is 0. The Labute approximate surface area is 206 Å². The molecule has 2 aliphatic heterocycles. The van der Waals surface area contributed by atoms with Gasteiger partial charge in [0, 0.05) is 30.5 Å². The first kappa shape index (κ1) is 22.5. The number of rotatable bonds is 7. The van der Waals surface area contributed by atoms with E-state index in [9.17, 15) is 0 Å². The first-order chi connectivity index (χ1) is 16.5. The first-order valence-corrected chi connectivity index (χ1v) is 14.0. The second-order valence-electron chi connectivity index (χ2n) is 12.5. The van der Waals surface area contributed by atoms with Gasteiger partial charge in [-0.3, -0.25) is 0 Å². The van der Waals surface area contributed by atoms with Crippen molar-refractivity contribution in [2.45, 2.75) is 84.1 Å². The predicted molar refractivity (Wildman–Crippen MR) is 140 cm³/mol. The third-order valence-electron chi connectivity index (χ3n) is 9.42. The van der Waals surface area contributed by atoms with Gasteiger partial charge in [0.1, 0.15) is 6.61 Å². The zero-order valence-corrected chi connectivity index (χ0v) is 21.6. The SMILES string of the molecule is CC(C)c1cccc(C(C)C)c1N1C=CN(CC[C@@H]2COC(C3C4CC5CC(C4)CC3C5)=N2)C1. The molecule has 4 nitrogen and oxygen atoms in total. The highest BCUT2D eigenvalue weighted by Gasteiger charge is 2.51. The molecule has 0 aromatic heterocycles. The van der Waals surface area contributed by atoms with Crippen LogP contribution in [-0.2, 0) is 4.74 Å². The monoisotopic (exact) mass is 461 g/mol. The molecular weight excluding hydrogens is 418 g/mol. The number of hydrogen-bond acceptors (Lipinski definition) is 4. The van der Waals surface area contributed by atoms with E-state index in [4.69, 9.17) is 9.73 Å². The summed E-state index contributed by atoms with van der Waals surface area (Å²) < 4.78 is 6.28. The van der Waals surface area contributed by atoms with Gasteiger partial charge in [0.15, 0.2) is 5.90 Å². The summed E-state index contributed by atoms with van der Waals surface area (Å²) in [5, 5.41) is 0. The molecule has 0 N–H and O–H groups in total. The maximum atomic E-state index is 6.28. The van der Waals surface area contributed by atoms with Crippen LogP contribution >= 0.6 is 0 Å². The van der Waals surface area contributed by atoms with Crippen LogP contribution in [0, 0.1) is 29.6 Å². The summed E-state index contributed by atoms with van der Waals surface area (Å²) in [6.07, 6.45) is 12.9. The van der Waals surface area contributed by atoms with E-state index >= 15 is 0 Å². The molecule has 1 atom stereocenters. The van der Waals surface area contributed by atoms with Crippen LogP contribution in [0.25, 0.3) is 0 Å². The van der Waals surface area contributed by atoms with E-state index in [-0.39, 0.29) is 0 Å². The molecule has 4 aliphatic carbocycles. The van der Waals surface area contributed by atoms with Crippen molar-refractivity contribution in [2.24, 2.45) is 34.6 Å². The maximum absolute atomic E-state index is 6.28. The molecule has 1 aromatic carbocycles. The highest BCUT2D eigenvalue weighted by atomic mass is 16.5. The molecule has 0 saturated heterocycles. The van der Waals surface area contributed by atoms with E-state index in [2.05, 4.69) is 68.1 Å². The summed E-state index contributed by atoms with van der Waals surface area (Å²) in [6, 6.07) is 7.17. The average Bonchev–Trinajstić information content (AvgIpc) is 3.46. The topological polar surface area (TPSA) is 28.1 Å². The summed E-state index contributed by atoms with van der Waals surface area (Å²) >= 11 is 0. The molecule has 4 heteroatoms. The van der Waals surface area contributed by atoms with Crippen molar-refractivity contribution in [3.63, 3.8) is 0 Å². The van der Waals surface area contributed by atoms with Crippen molar-refractivity contribution in [3.05, 3.63) is 41.7 Å². The van der Waals surface area contributed by atoms with Gasteiger partial charge in [0.25, 0.3) is 0 Å². The second kappa shape index (κ2) is 8.91. The number of anilines is 1. The van der Waals surface area contributed by atoms with Crippen LogP contribution in [0.1, 0.15) is 89.2 Å². The molecule has 0 unspecified atom stereocenters. The van der Waals surface area contributed by atoms with Gasteiger partial charge in [0.05, 0.1) is 12.7 Å². The van der Waals surface area contributed by atoms with E-state index in [1.54, 1.807) is 0 Å². The van der Waals surface area contributed by atoms with Crippen LogP contribution in [0.3, 0.4) is 0 Å². The highest BCUT2D eigenvalue weighted by Crippen LogP contribution is 2.57. The Hall–Kier alpha value is -1.97. The molecule has 0 radical (unpaired) electrons. The second-order valence-corrected chi connectivity index (χ2v) is 12.5. The summed E-state index contributed by atoms with van der Waals surface area (Å²) in [5.41, 5.74) is 4.32. The van der Waals surface area contributed by atoms with Crippen molar-refractivity contribution < 1.29 is 4.74 Å². The molecule has 7 rings (SSSR count). The number of aliphatic imine (C=N–C) groups is 1. The van der Waals surface area contributed by atoms with Crippen LogP contribution in [0.4, 0.5) is 5.69 Å². The van der Waals surface area contributed by atoms with Crippen molar-refractivity contribution >= 4 is 11.6 Å². The summed E-state index contributed by atoms with van der Waals surface area (Å²) in [5.74, 6) is 6.57. The minimum absolute atomic E-state index is 0.337. The Morgan fingerprint density at radius 1 is 0.912 bits per heavy atom. The van der Waals surface area contributed by atoms with Gasteiger partial charge < -0.3 is 14.5 Å². The van der Waals surface area contributed by atoms with E-state index < -0.39 is 0 Å². The van der Waals surface area contributed by atoms with Crippen LogP contribution in [0.15, 0.2) is 35.6 Å². The zero-order chi connectivity index (χ0) is 23.4. The molecule has 4 bridgehead atoms. The Morgan fingerprint density at radius 3 is 2.18 bits per heavy atom. The van der Waals surface area contributed by atoms with E-state index in [1.807, 2.05) is 0 Å². The van der Waals surface area contributed by atoms with Gasteiger partial charge in [-0.2, -0.15) is 0 Å².